The van der Waals surface area contributed by atoms with Gasteiger partial charge in [0.15, 0.2) is 0 Å². The average molecular weight is 272 g/mol. The molecule has 4 heteroatoms. The third-order valence-corrected chi connectivity index (χ3v) is 4.00. The van der Waals surface area contributed by atoms with Crippen molar-refractivity contribution in [1.82, 2.24) is 5.01 Å². The highest BCUT2D eigenvalue weighted by atomic mass is 16.6. The lowest BCUT2D eigenvalue weighted by atomic mass is 9.84. The summed E-state index contributed by atoms with van der Waals surface area (Å²) in [6.07, 6.45) is 2.83. The van der Waals surface area contributed by atoms with Crippen molar-refractivity contribution < 1.29 is 9.53 Å². The highest BCUT2D eigenvalue weighted by Crippen LogP contribution is 2.44. The Balaban J connectivity index is 2.10. The summed E-state index contributed by atoms with van der Waals surface area (Å²) >= 11 is 0. The molecule has 3 rings (SSSR count). The summed E-state index contributed by atoms with van der Waals surface area (Å²) in [5.74, 6) is 0.480. The molecular weight excluding hydrogens is 252 g/mol. The number of carbonyl (C=O) groups excluding carboxylic acids is 1. The van der Waals surface area contributed by atoms with Crippen molar-refractivity contribution in [3.05, 3.63) is 35.4 Å². The van der Waals surface area contributed by atoms with E-state index in [4.69, 9.17) is 4.74 Å². The molecule has 1 unspecified atom stereocenters. The van der Waals surface area contributed by atoms with Gasteiger partial charge in [-0.3, -0.25) is 4.79 Å². The number of nitrogens with zero attached hydrogens (tertiary/aromatic N) is 2. The molecule has 1 amide bonds. The van der Waals surface area contributed by atoms with Gasteiger partial charge in [-0.25, -0.2) is 0 Å². The van der Waals surface area contributed by atoms with E-state index in [0.29, 0.717) is 5.90 Å². The number of rotatable bonds is 1. The normalized spacial score (nSPS) is 24.6. The van der Waals surface area contributed by atoms with Gasteiger partial charge in [-0.1, -0.05) is 38.1 Å². The number of amides is 1. The Morgan fingerprint density at radius 1 is 1.40 bits per heavy atom. The molecule has 0 saturated carbocycles. The van der Waals surface area contributed by atoms with E-state index in [1.807, 2.05) is 32.9 Å². The van der Waals surface area contributed by atoms with Gasteiger partial charge in [0.05, 0.1) is 0 Å². The van der Waals surface area contributed by atoms with Crippen molar-refractivity contribution in [3.63, 3.8) is 0 Å². The maximum atomic E-state index is 12.5. The summed E-state index contributed by atoms with van der Waals surface area (Å²) < 4.78 is 6.06. The van der Waals surface area contributed by atoms with Crippen molar-refractivity contribution in [3.8, 4) is 0 Å². The summed E-state index contributed by atoms with van der Waals surface area (Å²) in [5.41, 5.74) is 1.62. The van der Waals surface area contributed by atoms with E-state index in [9.17, 15) is 4.79 Å². The number of hydrazone groups is 1. The molecule has 4 nitrogen and oxygen atoms in total. The second kappa shape index (κ2) is 4.62. The van der Waals surface area contributed by atoms with Crippen LogP contribution < -0.4 is 0 Å². The van der Waals surface area contributed by atoms with E-state index < -0.39 is 5.72 Å². The lowest BCUT2D eigenvalue weighted by molar-refractivity contribution is -0.157. The molecule has 1 aromatic rings. The van der Waals surface area contributed by atoms with E-state index >= 15 is 0 Å². The van der Waals surface area contributed by atoms with Crippen LogP contribution >= 0.6 is 0 Å². The van der Waals surface area contributed by atoms with Crippen LogP contribution in [0.3, 0.4) is 0 Å². The Hall–Kier alpha value is -1.84. The molecule has 106 valence electrons. The number of benzene rings is 1. The topological polar surface area (TPSA) is 41.9 Å². The first-order valence-electron chi connectivity index (χ1n) is 7.21. The van der Waals surface area contributed by atoms with Crippen molar-refractivity contribution in [1.29, 1.82) is 0 Å². The number of hydrogen-bond acceptors (Lipinski definition) is 3. The third kappa shape index (κ3) is 1.82. The number of fused-ring (bicyclic) bond motifs is 2. The van der Waals surface area contributed by atoms with Gasteiger partial charge in [0, 0.05) is 24.8 Å². The van der Waals surface area contributed by atoms with Crippen molar-refractivity contribution in [2.45, 2.75) is 45.8 Å². The molecule has 0 fully saturated rings. The molecule has 0 N–H and O–H groups in total. The Kier molecular flexibility index (Phi) is 3.04. The second-order valence-electron chi connectivity index (χ2n) is 5.82. The van der Waals surface area contributed by atoms with E-state index in [1.54, 1.807) is 5.01 Å². The first-order chi connectivity index (χ1) is 9.54. The molecule has 2 aliphatic rings. The molecule has 0 bridgehead atoms. The zero-order valence-electron chi connectivity index (χ0n) is 12.2. The van der Waals surface area contributed by atoms with Crippen LogP contribution in [0.2, 0.25) is 0 Å². The number of carbonyl (C=O) groups is 1. The molecule has 0 aromatic heterocycles. The van der Waals surface area contributed by atoms with Gasteiger partial charge in [-0.05, 0) is 18.4 Å². The molecule has 1 aromatic carbocycles. The van der Waals surface area contributed by atoms with Crippen molar-refractivity contribution >= 4 is 11.8 Å². The minimum atomic E-state index is -0.722. The third-order valence-electron chi connectivity index (χ3n) is 4.00. The molecule has 0 saturated heterocycles. The van der Waals surface area contributed by atoms with Gasteiger partial charge in [-0.2, -0.15) is 5.01 Å². The van der Waals surface area contributed by atoms with Crippen molar-refractivity contribution in [2.24, 2.45) is 11.0 Å². The summed E-state index contributed by atoms with van der Waals surface area (Å²) in [6.45, 7) is 5.61. The SMILES string of the molecule is CC1=NN(C(=O)C(C)C)C2(CCCc3ccccc32)O1. The Bertz CT molecular complexity index is 580. The summed E-state index contributed by atoms with van der Waals surface area (Å²) in [4.78, 5) is 12.5. The fourth-order valence-electron chi connectivity index (χ4n) is 3.10. The van der Waals surface area contributed by atoms with Crippen LogP contribution in [0.5, 0.6) is 0 Å². The first kappa shape index (κ1) is 13.2. The smallest absolute Gasteiger partial charge is 0.249 e. The van der Waals surface area contributed by atoms with Gasteiger partial charge in [0.1, 0.15) is 0 Å². The Labute approximate surface area is 119 Å². The lowest BCUT2D eigenvalue weighted by Gasteiger charge is -2.39. The molecule has 20 heavy (non-hydrogen) atoms. The van der Waals surface area contributed by atoms with E-state index in [0.717, 1.165) is 24.8 Å². The quantitative estimate of drug-likeness (QED) is 0.788. The van der Waals surface area contributed by atoms with Gasteiger partial charge >= 0.3 is 0 Å². The van der Waals surface area contributed by atoms with Crippen LogP contribution in [0.4, 0.5) is 0 Å². The standard InChI is InChI=1S/C16H20N2O2/c1-11(2)15(19)18-16(20-12(3)17-18)10-6-8-13-7-4-5-9-14(13)16/h4-5,7,9,11H,6,8,10H2,1-3H3. The molecular formula is C16H20N2O2. The molecule has 1 aliphatic carbocycles. The molecule has 1 aliphatic heterocycles. The van der Waals surface area contributed by atoms with Crippen LogP contribution in [-0.2, 0) is 21.7 Å². The minimum absolute atomic E-state index is 0.0125. The number of ether oxygens (including phenoxy) is 1. The van der Waals surface area contributed by atoms with Gasteiger partial charge < -0.3 is 4.74 Å². The summed E-state index contributed by atoms with van der Waals surface area (Å²) in [6, 6.07) is 8.21. The Morgan fingerprint density at radius 3 is 2.90 bits per heavy atom. The van der Waals surface area contributed by atoms with E-state index in [2.05, 4.69) is 17.2 Å². The number of hydrogen-bond donors (Lipinski definition) is 0. The highest BCUT2D eigenvalue weighted by molar-refractivity contribution is 5.84. The largest absolute Gasteiger partial charge is 0.447 e. The number of aryl methyl sites for hydroxylation is 1. The molecule has 1 atom stereocenters. The van der Waals surface area contributed by atoms with Crippen LogP contribution in [-0.4, -0.2) is 16.8 Å². The monoisotopic (exact) mass is 272 g/mol. The van der Waals surface area contributed by atoms with Gasteiger partial charge in [-0.15, -0.1) is 5.10 Å². The molecule has 1 spiro atoms. The molecule has 1 heterocycles. The van der Waals surface area contributed by atoms with Crippen LogP contribution in [0.1, 0.15) is 44.7 Å². The maximum absolute atomic E-state index is 12.5. The van der Waals surface area contributed by atoms with Crippen molar-refractivity contribution in [2.75, 3.05) is 0 Å². The van der Waals surface area contributed by atoms with Crippen LogP contribution in [0.25, 0.3) is 0 Å². The van der Waals surface area contributed by atoms with Gasteiger partial charge in [0.25, 0.3) is 0 Å². The average Bonchev–Trinajstić information content (AvgIpc) is 2.76. The summed E-state index contributed by atoms with van der Waals surface area (Å²) in [7, 11) is 0. The van der Waals surface area contributed by atoms with E-state index in [1.165, 1.54) is 5.56 Å². The predicted molar refractivity (Wildman–Crippen MR) is 76.9 cm³/mol. The van der Waals surface area contributed by atoms with Crippen LogP contribution in [0.15, 0.2) is 29.4 Å². The first-order valence-corrected chi connectivity index (χ1v) is 7.21. The predicted octanol–water partition coefficient (Wildman–Crippen LogP) is 3.02. The van der Waals surface area contributed by atoms with Crippen LogP contribution in [0, 0.1) is 5.92 Å². The lowest BCUT2D eigenvalue weighted by Crippen LogP contribution is -2.48. The minimum Gasteiger partial charge on any atom is -0.447 e. The molecule has 0 radical (unpaired) electrons. The maximum Gasteiger partial charge on any atom is 0.249 e. The fraction of sp³-hybridized carbons (Fsp3) is 0.500. The van der Waals surface area contributed by atoms with E-state index in [-0.39, 0.29) is 11.8 Å². The fourth-order valence-corrected chi connectivity index (χ4v) is 3.10. The zero-order valence-corrected chi connectivity index (χ0v) is 12.2. The highest BCUT2D eigenvalue weighted by Gasteiger charge is 2.51. The second-order valence-corrected chi connectivity index (χ2v) is 5.82. The summed E-state index contributed by atoms with van der Waals surface area (Å²) in [5, 5.41) is 5.94. The van der Waals surface area contributed by atoms with Gasteiger partial charge in [0.2, 0.25) is 17.5 Å². The Morgan fingerprint density at radius 2 is 2.15 bits per heavy atom. The zero-order chi connectivity index (χ0) is 14.3.